The third-order valence-electron chi connectivity index (χ3n) is 4.68. The lowest BCUT2D eigenvalue weighted by Crippen LogP contribution is -2.24. The summed E-state index contributed by atoms with van der Waals surface area (Å²) in [6, 6.07) is 5.34. The molecular weight excluding hydrogens is 328 g/mol. The van der Waals surface area contributed by atoms with Crippen molar-refractivity contribution in [3.05, 3.63) is 67.9 Å². The molecule has 0 atom stereocenters. The number of benzene rings is 1. The largest absolute Gasteiger partial charge is 0.498 e. The second kappa shape index (κ2) is 6.45. The Labute approximate surface area is 152 Å². The van der Waals surface area contributed by atoms with E-state index in [1.165, 1.54) is 0 Å². The monoisotopic (exact) mass is 350 g/mol. The second-order valence-corrected chi connectivity index (χ2v) is 7.50. The molecule has 1 aromatic heterocycles. The van der Waals surface area contributed by atoms with Crippen LogP contribution in [0, 0.1) is 20.4 Å². The van der Waals surface area contributed by atoms with Gasteiger partial charge in [0.2, 0.25) is 5.69 Å². The quantitative estimate of drug-likeness (QED) is 0.668. The van der Waals surface area contributed by atoms with Crippen molar-refractivity contribution >= 4 is 11.5 Å². The van der Waals surface area contributed by atoms with E-state index >= 15 is 0 Å². The standard InChI is InChI=1S/C21H22N2O3/c1-12-8-13(2)23-20(25)16(12)6-7-18(24)14-9-15-11-21(3,4)26-19(15)17(10-14)22-5/h8-10H,6-7,11H2,1-4H3,(H,23,25). The van der Waals surface area contributed by atoms with Gasteiger partial charge >= 0.3 is 0 Å². The number of rotatable bonds is 4. The fourth-order valence-corrected chi connectivity index (χ4v) is 3.51. The van der Waals surface area contributed by atoms with E-state index in [4.69, 9.17) is 11.3 Å². The number of hydrogen-bond acceptors (Lipinski definition) is 3. The van der Waals surface area contributed by atoms with Crippen molar-refractivity contribution in [3.63, 3.8) is 0 Å². The zero-order chi connectivity index (χ0) is 19.1. The summed E-state index contributed by atoms with van der Waals surface area (Å²) >= 11 is 0. The van der Waals surface area contributed by atoms with Gasteiger partial charge in [-0.05, 0) is 63.4 Å². The van der Waals surface area contributed by atoms with Crippen LogP contribution < -0.4 is 10.3 Å². The Hall–Kier alpha value is -2.87. The Bertz CT molecular complexity index is 994. The molecule has 0 amide bonds. The molecule has 5 heteroatoms. The molecule has 0 saturated heterocycles. The van der Waals surface area contributed by atoms with Crippen molar-refractivity contribution in [2.24, 2.45) is 0 Å². The van der Waals surface area contributed by atoms with Gasteiger partial charge in [0.25, 0.3) is 5.56 Å². The van der Waals surface area contributed by atoms with Crippen molar-refractivity contribution in [2.45, 2.75) is 52.6 Å². The number of H-pyrrole nitrogens is 1. The first kappa shape index (κ1) is 17.9. The average Bonchev–Trinajstić information content (AvgIpc) is 2.86. The summed E-state index contributed by atoms with van der Waals surface area (Å²) in [7, 11) is 0. The molecule has 3 rings (SSSR count). The highest BCUT2D eigenvalue weighted by molar-refractivity contribution is 5.98. The first-order chi connectivity index (χ1) is 12.2. The third-order valence-corrected chi connectivity index (χ3v) is 4.68. The minimum atomic E-state index is -0.365. The number of fused-ring (bicyclic) bond motifs is 1. The van der Waals surface area contributed by atoms with E-state index in [0.717, 1.165) is 16.8 Å². The van der Waals surface area contributed by atoms with Gasteiger partial charge in [0.1, 0.15) is 11.4 Å². The summed E-state index contributed by atoms with van der Waals surface area (Å²) in [5, 5.41) is 0. The second-order valence-electron chi connectivity index (χ2n) is 7.50. The van der Waals surface area contributed by atoms with Gasteiger partial charge in [-0.15, -0.1) is 0 Å². The molecular formula is C21H22N2O3. The molecule has 5 nitrogen and oxygen atoms in total. The van der Waals surface area contributed by atoms with E-state index in [2.05, 4.69) is 9.83 Å². The number of nitrogens with one attached hydrogen (secondary N) is 1. The smallest absolute Gasteiger partial charge is 0.251 e. The number of carbonyl (C=O) groups excluding carboxylic acids is 1. The fourth-order valence-electron chi connectivity index (χ4n) is 3.51. The molecule has 1 aromatic carbocycles. The van der Waals surface area contributed by atoms with Gasteiger partial charge in [-0.1, -0.05) is 0 Å². The maximum Gasteiger partial charge on any atom is 0.251 e. The molecule has 0 aliphatic carbocycles. The van der Waals surface area contributed by atoms with Crippen LogP contribution in [0.25, 0.3) is 4.85 Å². The van der Waals surface area contributed by atoms with Crippen molar-refractivity contribution in [2.75, 3.05) is 0 Å². The summed E-state index contributed by atoms with van der Waals surface area (Å²) in [5.41, 5.74) is 3.63. The average molecular weight is 350 g/mol. The Morgan fingerprint density at radius 1 is 1.31 bits per heavy atom. The van der Waals surface area contributed by atoms with Crippen LogP contribution in [-0.2, 0) is 12.8 Å². The molecule has 1 N–H and O–H groups in total. The fraction of sp³-hybridized carbons (Fsp3) is 0.381. The molecule has 26 heavy (non-hydrogen) atoms. The van der Waals surface area contributed by atoms with Crippen molar-refractivity contribution in [1.82, 2.24) is 4.98 Å². The topological polar surface area (TPSA) is 63.5 Å². The molecule has 0 spiro atoms. The summed E-state index contributed by atoms with van der Waals surface area (Å²) in [6.07, 6.45) is 1.28. The molecule has 1 aliphatic rings. The lowest BCUT2D eigenvalue weighted by Gasteiger charge is -2.17. The molecule has 2 heterocycles. The number of ether oxygens (including phenoxy) is 1. The lowest BCUT2D eigenvalue weighted by molar-refractivity contribution is 0.0982. The Morgan fingerprint density at radius 3 is 2.69 bits per heavy atom. The van der Waals surface area contributed by atoms with Gasteiger partial charge in [-0.25, -0.2) is 4.85 Å². The van der Waals surface area contributed by atoms with Crippen LogP contribution >= 0.6 is 0 Å². The van der Waals surface area contributed by atoms with Crippen molar-refractivity contribution in [3.8, 4) is 5.75 Å². The Morgan fingerprint density at radius 2 is 2.04 bits per heavy atom. The van der Waals surface area contributed by atoms with Crippen LogP contribution in [0.5, 0.6) is 5.75 Å². The number of ketones is 1. The van der Waals surface area contributed by atoms with Gasteiger partial charge in [0.15, 0.2) is 5.78 Å². The summed E-state index contributed by atoms with van der Waals surface area (Å²) in [5.74, 6) is 0.522. The molecule has 0 radical (unpaired) electrons. The van der Waals surface area contributed by atoms with E-state index in [0.29, 0.717) is 35.4 Å². The highest BCUT2D eigenvalue weighted by Gasteiger charge is 2.32. The van der Waals surface area contributed by atoms with Gasteiger partial charge in [-0.2, -0.15) is 0 Å². The molecule has 1 aliphatic heterocycles. The summed E-state index contributed by atoms with van der Waals surface area (Å²) in [6.45, 7) is 15.0. The zero-order valence-corrected chi connectivity index (χ0v) is 15.5. The highest BCUT2D eigenvalue weighted by atomic mass is 16.5. The summed E-state index contributed by atoms with van der Waals surface area (Å²) < 4.78 is 5.85. The van der Waals surface area contributed by atoms with Crippen molar-refractivity contribution < 1.29 is 9.53 Å². The van der Waals surface area contributed by atoms with Gasteiger partial charge in [-0.3, -0.25) is 9.59 Å². The van der Waals surface area contributed by atoms with Crippen molar-refractivity contribution in [1.29, 1.82) is 0 Å². The van der Waals surface area contributed by atoms with Crippen LogP contribution in [0.4, 0.5) is 5.69 Å². The number of pyridine rings is 1. The number of carbonyl (C=O) groups is 1. The number of nitrogens with zero attached hydrogens (tertiary/aromatic N) is 1. The molecule has 0 unspecified atom stereocenters. The van der Waals surface area contributed by atoms with Crippen LogP contribution in [-0.4, -0.2) is 16.4 Å². The maximum atomic E-state index is 12.7. The first-order valence-corrected chi connectivity index (χ1v) is 8.66. The summed E-state index contributed by atoms with van der Waals surface area (Å²) in [4.78, 5) is 31.1. The van der Waals surface area contributed by atoms with Gasteiger partial charge < -0.3 is 9.72 Å². The van der Waals surface area contributed by atoms with E-state index in [9.17, 15) is 9.59 Å². The molecule has 2 aromatic rings. The lowest BCUT2D eigenvalue weighted by atomic mass is 9.96. The van der Waals surface area contributed by atoms with Crippen LogP contribution in [0.1, 0.15) is 53.0 Å². The molecule has 0 bridgehead atoms. The predicted molar refractivity (Wildman–Crippen MR) is 100 cm³/mol. The molecule has 134 valence electrons. The Balaban J connectivity index is 1.84. The molecule has 0 saturated carbocycles. The Kier molecular flexibility index (Phi) is 4.45. The number of hydrogen-bond donors (Lipinski definition) is 1. The van der Waals surface area contributed by atoms with E-state index < -0.39 is 0 Å². The number of aromatic nitrogens is 1. The minimum Gasteiger partial charge on any atom is -0.498 e. The van der Waals surface area contributed by atoms with Gasteiger partial charge in [0, 0.05) is 29.7 Å². The number of Topliss-reactive ketones (excluding diaryl/α,β-unsaturated/α-hetero) is 1. The SMILES string of the molecule is [C-]#[N+]c1cc(C(=O)CCc2c(C)cc(C)[nH]c2=O)cc2c1OC(C)(C)C2. The van der Waals surface area contributed by atoms with E-state index in [1.807, 2.05) is 39.8 Å². The van der Waals surface area contributed by atoms with Crippen LogP contribution in [0.15, 0.2) is 23.0 Å². The first-order valence-electron chi connectivity index (χ1n) is 8.66. The predicted octanol–water partition coefficient (Wildman–Crippen LogP) is 4.07. The number of aromatic amines is 1. The highest BCUT2D eigenvalue weighted by Crippen LogP contribution is 2.43. The third kappa shape index (κ3) is 3.41. The normalized spacial score (nSPS) is 14.4. The minimum absolute atomic E-state index is 0.0678. The molecule has 0 fully saturated rings. The maximum absolute atomic E-state index is 12.7. The van der Waals surface area contributed by atoms with Gasteiger partial charge in [0.05, 0.1) is 6.57 Å². The van der Waals surface area contributed by atoms with E-state index in [-0.39, 0.29) is 23.4 Å². The van der Waals surface area contributed by atoms with Crippen LogP contribution in [0.3, 0.4) is 0 Å². The van der Waals surface area contributed by atoms with Crippen LogP contribution in [0.2, 0.25) is 0 Å². The number of aryl methyl sites for hydroxylation is 2. The zero-order valence-electron chi connectivity index (χ0n) is 15.5. The van der Waals surface area contributed by atoms with E-state index in [1.54, 1.807) is 6.07 Å².